The highest BCUT2D eigenvalue weighted by Gasteiger charge is 2.13. The minimum atomic E-state index is 0.560. The zero-order chi connectivity index (χ0) is 14.0. The van der Waals surface area contributed by atoms with Crippen LogP contribution in [0.25, 0.3) is 11.4 Å². The van der Waals surface area contributed by atoms with E-state index in [2.05, 4.69) is 23.1 Å². The van der Waals surface area contributed by atoms with E-state index >= 15 is 0 Å². The van der Waals surface area contributed by atoms with E-state index < -0.39 is 0 Å². The minimum absolute atomic E-state index is 0.560. The second-order valence-corrected chi connectivity index (χ2v) is 4.65. The summed E-state index contributed by atoms with van der Waals surface area (Å²) in [5.41, 5.74) is 8.84. The van der Waals surface area contributed by atoms with Gasteiger partial charge < -0.3 is 10.5 Å². The number of rotatable bonds is 4. The third-order valence-corrected chi connectivity index (χ3v) is 3.16. The Morgan fingerprint density at radius 3 is 2.63 bits per heavy atom. The van der Waals surface area contributed by atoms with E-state index in [4.69, 9.17) is 10.5 Å². The number of methoxy groups -OCH3 is 1. The molecule has 1 heterocycles. The van der Waals surface area contributed by atoms with Gasteiger partial charge in [-0.3, -0.25) is 0 Å². The highest BCUT2D eigenvalue weighted by atomic mass is 16.5. The summed E-state index contributed by atoms with van der Waals surface area (Å²) in [6.45, 7) is 4.64. The molecule has 1 aromatic heterocycles. The summed E-state index contributed by atoms with van der Waals surface area (Å²) in [5.74, 6) is 2.55. The first-order chi connectivity index (χ1) is 9.06. The normalized spacial score (nSPS) is 10.8. The van der Waals surface area contributed by atoms with E-state index in [1.54, 1.807) is 11.8 Å². The van der Waals surface area contributed by atoms with E-state index in [-0.39, 0.29) is 0 Å². The molecule has 0 spiro atoms. The Kier molecular flexibility index (Phi) is 3.85. The molecule has 19 heavy (non-hydrogen) atoms. The Balaban J connectivity index is 2.49. The molecule has 2 N–H and O–H groups in total. The Bertz CT molecular complexity index is 589. The molecule has 0 atom stereocenters. The summed E-state index contributed by atoms with van der Waals surface area (Å²) in [5, 5.41) is 4.38. The molecule has 0 amide bonds. The lowest BCUT2D eigenvalue weighted by Gasteiger charge is -2.10. The van der Waals surface area contributed by atoms with Gasteiger partial charge in [0.15, 0.2) is 11.6 Å². The van der Waals surface area contributed by atoms with Gasteiger partial charge in [0.25, 0.3) is 0 Å². The van der Waals surface area contributed by atoms with Gasteiger partial charge in [0, 0.05) is 19.0 Å². The van der Waals surface area contributed by atoms with Gasteiger partial charge in [-0.15, -0.1) is 0 Å². The summed E-state index contributed by atoms with van der Waals surface area (Å²) < 4.78 is 7.14. The van der Waals surface area contributed by atoms with Crippen molar-refractivity contribution in [1.82, 2.24) is 14.8 Å². The minimum Gasteiger partial charge on any atom is -0.496 e. The average molecular weight is 260 g/mol. The molecule has 1 aromatic carbocycles. The number of aryl methyl sites for hydroxylation is 3. The molecule has 0 radical (unpaired) electrons. The van der Waals surface area contributed by atoms with Gasteiger partial charge in [0.05, 0.1) is 7.11 Å². The van der Waals surface area contributed by atoms with Gasteiger partial charge in [0.1, 0.15) is 5.75 Å². The number of benzene rings is 1. The lowest BCUT2D eigenvalue weighted by Crippen LogP contribution is -2.04. The Hall–Kier alpha value is -1.88. The van der Waals surface area contributed by atoms with Crippen LogP contribution in [0.3, 0.4) is 0 Å². The topological polar surface area (TPSA) is 66.0 Å². The van der Waals surface area contributed by atoms with Crippen molar-refractivity contribution >= 4 is 0 Å². The monoisotopic (exact) mass is 260 g/mol. The van der Waals surface area contributed by atoms with Gasteiger partial charge in [-0.1, -0.05) is 0 Å². The molecule has 0 aliphatic rings. The van der Waals surface area contributed by atoms with Crippen molar-refractivity contribution in [2.45, 2.75) is 20.3 Å². The van der Waals surface area contributed by atoms with Crippen LogP contribution in [0.2, 0.25) is 0 Å². The molecule has 0 aliphatic heterocycles. The molecule has 0 saturated heterocycles. The van der Waals surface area contributed by atoms with Crippen LogP contribution in [-0.2, 0) is 13.5 Å². The fourth-order valence-electron chi connectivity index (χ4n) is 2.16. The highest BCUT2D eigenvalue weighted by Crippen LogP contribution is 2.28. The molecule has 102 valence electrons. The Labute approximate surface area is 113 Å². The lowest BCUT2D eigenvalue weighted by molar-refractivity contribution is 0.411. The first-order valence-corrected chi connectivity index (χ1v) is 6.32. The quantitative estimate of drug-likeness (QED) is 0.907. The Morgan fingerprint density at radius 2 is 2.00 bits per heavy atom. The molecule has 2 rings (SSSR count). The highest BCUT2D eigenvalue weighted by molar-refractivity contribution is 5.63. The summed E-state index contributed by atoms with van der Waals surface area (Å²) in [6, 6.07) is 4.12. The molecule has 5 heteroatoms. The van der Waals surface area contributed by atoms with Gasteiger partial charge in [0.2, 0.25) is 0 Å². The van der Waals surface area contributed by atoms with Crippen molar-refractivity contribution in [2.24, 2.45) is 12.8 Å². The number of ether oxygens (including phenoxy) is 1. The number of hydrogen-bond acceptors (Lipinski definition) is 4. The smallest absolute Gasteiger partial charge is 0.158 e. The first-order valence-electron chi connectivity index (χ1n) is 6.32. The third kappa shape index (κ3) is 2.61. The van der Waals surface area contributed by atoms with Crippen LogP contribution >= 0.6 is 0 Å². The fourth-order valence-corrected chi connectivity index (χ4v) is 2.16. The second kappa shape index (κ2) is 5.40. The van der Waals surface area contributed by atoms with Crippen LogP contribution in [0.1, 0.15) is 17.0 Å². The largest absolute Gasteiger partial charge is 0.496 e. The summed E-state index contributed by atoms with van der Waals surface area (Å²) in [6.07, 6.45) is 0.696. The lowest BCUT2D eigenvalue weighted by atomic mass is 10.0. The van der Waals surface area contributed by atoms with E-state index in [1.165, 1.54) is 0 Å². The summed E-state index contributed by atoms with van der Waals surface area (Å²) in [4.78, 5) is 4.56. The molecule has 0 unspecified atom stereocenters. The zero-order valence-corrected chi connectivity index (χ0v) is 11.9. The van der Waals surface area contributed by atoms with E-state index in [0.29, 0.717) is 13.0 Å². The van der Waals surface area contributed by atoms with Crippen LogP contribution in [0.4, 0.5) is 0 Å². The van der Waals surface area contributed by atoms with E-state index in [9.17, 15) is 0 Å². The Morgan fingerprint density at radius 1 is 1.26 bits per heavy atom. The maximum Gasteiger partial charge on any atom is 0.158 e. The zero-order valence-electron chi connectivity index (χ0n) is 11.9. The molecular formula is C14H20N4O. The predicted molar refractivity (Wildman–Crippen MR) is 75.2 cm³/mol. The summed E-state index contributed by atoms with van der Waals surface area (Å²) >= 11 is 0. The van der Waals surface area contributed by atoms with E-state index in [1.807, 2.05) is 20.0 Å². The molecule has 0 bridgehead atoms. The van der Waals surface area contributed by atoms with E-state index in [0.717, 1.165) is 34.1 Å². The van der Waals surface area contributed by atoms with Crippen LogP contribution in [0.15, 0.2) is 12.1 Å². The molecule has 0 fully saturated rings. The van der Waals surface area contributed by atoms with Gasteiger partial charge >= 0.3 is 0 Å². The van der Waals surface area contributed by atoms with Crippen molar-refractivity contribution in [1.29, 1.82) is 0 Å². The van der Waals surface area contributed by atoms with Gasteiger partial charge in [-0.25, -0.2) is 9.67 Å². The van der Waals surface area contributed by atoms with Crippen molar-refractivity contribution < 1.29 is 4.74 Å². The summed E-state index contributed by atoms with van der Waals surface area (Å²) in [7, 11) is 3.59. The predicted octanol–water partition coefficient (Wildman–Crippen LogP) is 1.61. The fraction of sp³-hybridized carbons (Fsp3) is 0.429. The van der Waals surface area contributed by atoms with Gasteiger partial charge in [-0.05, 0) is 43.7 Å². The standard InChI is InChI=1S/C14H20N4O/c1-9-8-12(19-4)10(2)7-11(9)14-16-13(5-6-15)17-18(14)3/h7-8H,5-6,15H2,1-4H3. The van der Waals surface area contributed by atoms with Crippen molar-refractivity contribution in [3.63, 3.8) is 0 Å². The number of hydrogen-bond donors (Lipinski definition) is 1. The van der Waals surface area contributed by atoms with Crippen LogP contribution < -0.4 is 10.5 Å². The number of aromatic nitrogens is 3. The van der Waals surface area contributed by atoms with Crippen LogP contribution in [0, 0.1) is 13.8 Å². The molecule has 0 saturated carbocycles. The average Bonchev–Trinajstić information content (AvgIpc) is 2.73. The van der Waals surface area contributed by atoms with Gasteiger partial charge in [-0.2, -0.15) is 5.10 Å². The third-order valence-electron chi connectivity index (χ3n) is 3.16. The maximum absolute atomic E-state index is 5.54. The SMILES string of the molecule is COc1cc(C)c(-c2nc(CCN)nn2C)cc1C. The molecule has 0 aliphatic carbocycles. The molecular weight excluding hydrogens is 240 g/mol. The van der Waals surface area contributed by atoms with Crippen LogP contribution in [0.5, 0.6) is 5.75 Å². The maximum atomic E-state index is 5.54. The number of nitrogens with zero attached hydrogens (tertiary/aromatic N) is 3. The van der Waals surface area contributed by atoms with Crippen molar-refractivity contribution in [3.05, 3.63) is 29.1 Å². The molecule has 2 aromatic rings. The second-order valence-electron chi connectivity index (χ2n) is 4.65. The number of nitrogens with two attached hydrogens (primary N) is 1. The van der Waals surface area contributed by atoms with Crippen molar-refractivity contribution in [2.75, 3.05) is 13.7 Å². The molecule has 5 nitrogen and oxygen atoms in total. The van der Waals surface area contributed by atoms with Crippen LogP contribution in [-0.4, -0.2) is 28.4 Å². The first kappa shape index (κ1) is 13.5. The van der Waals surface area contributed by atoms with Crippen molar-refractivity contribution in [3.8, 4) is 17.1 Å².